The van der Waals surface area contributed by atoms with Crippen molar-refractivity contribution in [1.82, 2.24) is 4.90 Å². The third kappa shape index (κ3) is 2.88. The average Bonchev–Trinajstić information content (AvgIpc) is 2.74. The van der Waals surface area contributed by atoms with Crippen LogP contribution in [0.2, 0.25) is 0 Å². The van der Waals surface area contributed by atoms with Crippen molar-refractivity contribution in [3.8, 4) is 0 Å². The minimum Gasteiger partial charge on any atom is -0.444 e. The van der Waals surface area contributed by atoms with Crippen LogP contribution in [0.5, 0.6) is 0 Å². The molecule has 0 bridgehead atoms. The van der Waals surface area contributed by atoms with E-state index in [-0.39, 0.29) is 37.6 Å². The van der Waals surface area contributed by atoms with Crippen LogP contribution in [0.15, 0.2) is 21.2 Å². The molecule has 0 radical (unpaired) electrons. The highest BCUT2D eigenvalue weighted by molar-refractivity contribution is 9.10. The summed E-state index contributed by atoms with van der Waals surface area (Å²) in [5.41, 5.74) is 0. The molecule has 0 aromatic carbocycles. The zero-order valence-corrected chi connectivity index (χ0v) is 10.9. The van der Waals surface area contributed by atoms with E-state index < -0.39 is 12.1 Å². The summed E-state index contributed by atoms with van der Waals surface area (Å²) in [6.45, 7) is 0.225. The maximum atomic E-state index is 12.5. The Morgan fingerprint density at radius 2 is 1.94 bits per heavy atom. The standard InChI is InChI=1S/C11H11BrF3NO2/c12-9-2-1-8(18-9)10(17)16-5-3-7(4-6-16)11(13,14)15/h1-2,7H,3-6H2. The normalized spacial score (nSPS) is 18.1. The molecule has 0 unspecified atom stereocenters. The molecule has 0 atom stereocenters. The number of rotatable bonds is 1. The Hall–Kier alpha value is -0.980. The quantitative estimate of drug-likeness (QED) is 0.792. The molecule has 100 valence electrons. The first kappa shape index (κ1) is 13.5. The fourth-order valence-electron chi connectivity index (χ4n) is 1.99. The Kier molecular flexibility index (Phi) is 3.70. The van der Waals surface area contributed by atoms with Gasteiger partial charge in [0, 0.05) is 13.1 Å². The second kappa shape index (κ2) is 4.95. The molecule has 1 amide bonds. The average molecular weight is 326 g/mol. The summed E-state index contributed by atoms with van der Waals surface area (Å²) in [5, 5.41) is 0. The van der Waals surface area contributed by atoms with Gasteiger partial charge in [-0.25, -0.2) is 0 Å². The number of amides is 1. The van der Waals surface area contributed by atoms with Crippen LogP contribution in [0.25, 0.3) is 0 Å². The molecule has 2 heterocycles. The van der Waals surface area contributed by atoms with Gasteiger partial charge in [0.05, 0.1) is 5.92 Å². The highest BCUT2D eigenvalue weighted by Gasteiger charge is 2.41. The van der Waals surface area contributed by atoms with E-state index in [0.29, 0.717) is 4.67 Å². The van der Waals surface area contributed by atoms with Gasteiger partial charge in [-0.1, -0.05) is 0 Å². The van der Waals surface area contributed by atoms with Crippen LogP contribution in [-0.2, 0) is 0 Å². The molecule has 3 nitrogen and oxygen atoms in total. The van der Waals surface area contributed by atoms with Crippen LogP contribution >= 0.6 is 15.9 Å². The van der Waals surface area contributed by atoms with Crippen LogP contribution in [-0.4, -0.2) is 30.1 Å². The molecule has 1 aromatic rings. The number of halogens is 4. The Labute approximate surface area is 110 Å². The minimum absolute atomic E-state index is 0.0445. The predicted molar refractivity (Wildman–Crippen MR) is 61.1 cm³/mol. The van der Waals surface area contributed by atoms with Crippen LogP contribution in [0, 0.1) is 5.92 Å². The van der Waals surface area contributed by atoms with Gasteiger partial charge in [0.1, 0.15) is 0 Å². The first-order chi connectivity index (χ1) is 8.38. The lowest BCUT2D eigenvalue weighted by molar-refractivity contribution is -0.183. The van der Waals surface area contributed by atoms with Crippen LogP contribution < -0.4 is 0 Å². The van der Waals surface area contributed by atoms with Crippen LogP contribution in [0.3, 0.4) is 0 Å². The van der Waals surface area contributed by atoms with Crippen molar-refractivity contribution in [2.24, 2.45) is 5.92 Å². The molecule has 1 fully saturated rings. The molecule has 7 heteroatoms. The number of nitrogens with zero attached hydrogens (tertiary/aromatic N) is 1. The molecule has 1 aromatic heterocycles. The predicted octanol–water partition coefficient (Wildman–Crippen LogP) is 3.46. The lowest BCUT2D eigenvalue weighted by atomic mass is 9.96. The summed E-state index contributed by atoms with van der Waals surface area (Å²) in [6.07, 6.45) is -4.25. The van der Waals surface area contributed by atoms with Crippen molar-refractivity contribution in [1.29, 1.82) is 0 Å². The van der Waals surface area contributed by atoms with E-state index >= 15 is 0 Å². The Balaban J connectivity index is 1.96. The van der Waals surface area contributed by atoms with Crippen molar-refractivity contribution in [2.75, 3.05) is 13.1 Å². The van der Waals surface area contributed by atoms with Gasteiger partial charge in [-0.05, 0) is 40.9 Å². The molecule has 0 spiro atoms. The number of likely N-dealkylation sites (tertiary alicyclic amines) is 1. The first-order valence-corrected chi connectivity index (χ1v) is 6.28. The lowest BCUT2D eigenvalue weighted by Crippen LogP contribution is -2.42. The summed E-state index contributed by atoms with van der Waals surface area (Å²) in [6, 6.07) is 3.08. The summed E-state index contributed by atoms with van der Waals surface area (Å²) in [4.78, 5) is 13.3. The van der Waals surface area contributed by atoms with E-state index in [9.17, 15) is 18.0 Å². The second-order valence-electron chi connectivity index (χ2n) is 4.21. The zero-order valence-electron chi connectivity index (χ0n) is 9.34. The van der Waals surface area contributed by atoms with Gasteiger partial charge in [-0.3, -0.25) is 4.79 Å². The molecule has 1 aliphatic heterocycles. The number of carbonyl (C=O) groups is 1. The number of hydrogen-bond donors (Lipinski definition) is 0. The molecule has 1 aliphatic rings. The smallest absolute Gasteiger partial charge is 0.391 e. The van der Waals surface area contributed by atoms with Crippen molar-refractivity contribution in [2.45, 2.75) is 19.0 Å². The number of carbonyl (C=O) groups excluding carboxylic acids is 1. The monoisotopic (exact) mass is 325 g/mol. The van der Waals surface area contributed by atoms with E-state index in [1.165, 1.54) is 11.0 Å². The van der Waals surface area contributed by atoms with Gasteiger partial charge in [0.15, 0.2) is 10.4 Å². The molecule has 1 saturated heterocycles. The lowest BCUT2D eigenvalue weighted by Gasteiger charge is -2.32. The Morgan fingerprint density at radius 3 is 2.39 bits per heavy atom. The highest BCUT2D eigenvalue weighted by atomic mass is 79.9. The van der Waals surface area contributed by atoms with Crippen molar-refractivity contribution >= 4 is 21.8 Å². The van der Waals surface area contributed by atoms with Gasteiger partial charge >= 0.3 is 6.18 Å². The number of hydrogen-bond acceptors (Lipinski definition) is 2. The largest absolute Gasteiger partial charge is 0.444 e. The number of piperidine rings is 1. The van der Waals surface area contributed by atoms with E-state index in [0.717, 1.165) is 0 Å². The fraction of sp³-hybridized carbons (Fsp3) is 0.545. The van der Waals surface area contributed by atoms with Gasteiger partial charge in [-0.15, -0.1) is 0 Å². The van der Waals surface area contributed by atoms with Gasteiger partial charge in [0.2, 0.25) is 0 Å². The van der Waals surface area contributed by atoms with Crippen molar-refractivity contribution in [3.05, 3.63) is 22.6 Å². The maximum absolute atomic E-state index is 12.5. The third-order valence-corrected chi connectivity index (χ3v) is 3.46. The van der Waals surface area contributed by atoms with Crippen molar-refractivity contribution < 1.29 is 22.4 Å². The van der Waals surface area contributed by atoms with Gasteiger partial charge < -0.3 is 9.32 Å². The van der Waals surface area contributed by atoms with E-state index in [2.05, 4.69) is 15.9 Å². The minimum atomic E-state index is -4.16. The fourth-order valence-corrected chi connectivity index (χ4v) is 2.30. The molecule has 18 heavy (non-hydrogen) atoms. The van der Waals surface area contributed by atoms with Crippen LogP contribution in [0.4, 0.5) is 13.2 Å². The zero-order chi connectivity index (χ0) is 13.3. The van der Waals surface area contributed by atoms with Gasteiger partial charge in [-0.2, -0.15) is 13.2 Å². The Morgan fingerprint density at radius 1 is 1.33 bits per heavy atom. The summed E-state index contributed by atoms with van der Waals surface area (Å²) in [7, 11) is 0. The molecule has 2 rings (SSSR count). The highest BCUT2D eigenvalue weighted by Crippen LogP contribution is 2.34. The summed E-state index contributed by atoms with van der Waals surface area (Å²) >= 11 is 3.07. The Bertz CT molecular complexity index is 436. The molecule has 0 aliphatic carbocycles. The second-order valence-corrected chi connectivity index (χ2v) is 4.99. The SMILES string of the molecule is O=C(c1ccc(Br)o1)N1CCC(C(F)(F)F)CC1. The molecule has 0 N–H and O–H groups in total. The molecular weight excluding hydrogens is 315 g/mol. The molecular formula is C11H11BrF3NO2. The third-order valence-electron chi connectivity index (χ3n) is 3.03. The van der Waals surface area contributed by atoms with Gasteiger partial charge in [0.25, 0.3) is 5.91 Å². The van der Waals surface area contributed by atoms with E-state index in [1.807, 2.05) is 0 Å². The van der Waals surface area contributed by atoms with E-state index in [4.69, 9.17) is 4.42 Å². The van der Waals surface area contributed by atoms with Crippen LogP contribution in [0.1, 0.15) is 23.4 Å². The topological polar surface area (TPSA) is 33.5 Å². The summed E-state index contributed by atoms with van der Waals surface area (Å²) < 4.78 is 42.9. The first-order valence-electron chi connectivity index (χ1n) is 5.49. The summed E-state index contributed by atoms with van der Waals surface area (Å²) in [5.74, 6) is -1.52. The number of furan rings is 1. The molecule has 0 saturated carbocycles. The van der Waals surface area contributed by atoms with Crippen molar-refractivity contribution in [3.63, 3.8) is 0 Å². The van der Waals surface area contributed by atoms with E-state index in [1.54, 1.807) is 6.07 Å². The maximum Gasteiger partial charge on any atom is 0.391 e. The number of alkyl halides is 3.